The van der Waals surface area contributed by atoms with Gasteiger partial charge >= 0.3 is 0 Å². The van der Waals surface area contributed by atoms with E-state index >= 15 is 0 Å². The zero-order valence-corrected chi connectivity index (χ0v) is 28.6. The van der Waals surface area contributed by atoms with Crippen molar-refractivity contribution in [2.75, 3.05) is 69.6 Å². The van der Waals surface area contributed by atoms with Crippen molar-refractivity contribution in [3.05, 3.63) is 69.6 Å². The highest BCUT2D eigenvalue weighted by atomic mass is 35.5. The maximum absolute atomic E-state index is 14.0. The van der Waals surface area contributed by atoms with Gasteiger partial charge in [-0.1, -0.05) is 36.7 Å². The Kier molecular flexibility index (Phi) is 10.5. The summed E-state index contributed by atoms with van der Waals surface area (Å²) in [7, 11) is 4.53. The minimum Gasteiger partial charge on any atom is -0.495 e. The number of hydrogen-bond donors (Lipinski definition) is 2. The first-order valence-corrected chi connectivity index (χ1v) is 16.0. The molecule has 0 atom stereocenters. The topological polar surface area (TPSA) is 110 Å². The summed E-state index contributed by atoms with van der Waals surface area (Å²) in [4.78, 5) is 35.8. The highest BCUT2D eigenvalue weighted by Crippen LogP contribution is 2.46. The largest absolute Gasteiger partial charge is 0.495 e. The van der Waals surface area contributed by atoms with E-state index in [1.807, 2.05) is 19.1 Å². The van der Waals surface area contributed by atoms with E-state index in [4.69, 9.17) is 37.4 Å². The number of anilines is 4. The van der Waals surface area contributed by atoms with Gasteiger partial charge in [-0.3, -0.25) is 9.59 Å². The molecule has 0 spiro atoms. The fourth-order valence-electron chi connectivity index (χ4n) is 5.76. The predicted molar refractivity (Wildman–Crippen MR) is 190 cm³/mol. The maximum Gasteiger partial charge on any atom is 0.259 e. The average Bonchev–Trinajstić information content (AvgIpc) is 3.09. The molecule has 13 heteroatoms. The lowest BCUT2D eigenvalue weighted by atomic mass is 10.0. The molecule has 0 radical (unpaired) electrons. The van der Waals surface area contributed by atoms with Crippen molar-refractivity contribution in [3.8, 4) is 28.4 Å². The van der Waals surface area contributed by atoms with Gasteiger partial charge in [0, 0.05) is 73.8 Å². The van der Waals surface area contributed by atoms with Crippen molar-refractivity contribution in [1.29, 1.82) is 0 Å². The molecule has 1 amide bonds. The van der Waals surface area contributed by atoms with Gasteiger partial charge in [0.05, 0.1) is 48.1 Å². The molecule has 1 saturated heterocycles. The number of aryl methyl sites for hydroxylation is 1. The lowest BCUT2D eigenvalue weighted by Gasteiger charge is -2.36. The number of halogens is 2. The number of rotatable bonds is 11. The first-order valence-electron chi connectivity index (χ1n) is 15.2. The number of piperazine rings is 1. The van der Waals surface area contributed by atoms with E-state index in [1.54, 1.807) is 36.1 Å². The highest BCUT2D eigenvalue weighted by molar-refractivity contribution is 6.41. The third-order valence-electron chi connectivity index (χ3n) is 8.33. The number of carbonyl (C=O) groups excluding carboxylic acids is 1. The van der Waals surface area contributed by atoms with Crippen molar-refractivity contribution in [2.45, 2.75) is 20.4 Å². The van der Waals surface area contributed by atoms with E-state index in [9.17, 15) is 9.59 Å². The molecule has 2 aromatic heterocycles. The van der Waals surface area contributed by atoms with Gasteiger partial charge in [0.1, 0.15) is 28.8 Å². The molecule has 248 valence electrons. The van der Waals surface area contributed by atoms with Gasteiger partial charge in [-0.25, -0.2) is 4.98 Å². The molecule has 2 aromatic carbocycles. The number of likely N-dealkylation sites (N-methyl/N-ethyl adjacent to an activating group) is 1. The summed E-state index contributed by atoms with van der Waals surface area (Å²) in [5.41, 5.74) is 2.85. The first-order chi connectivity index (χ1) is 22.7. The normalized spacial score (nSPS) is 13.4. The number of carbonyl (C=O) groups is 1. The van der Waals surface area contributed by atoms with Crippen molar-refractivity contribution < 1.29 is 19.0 Å². The van der Waals surface area contributed by atoms with Crippen molar-refractivity contribution in [1.82, 2.24) is 14.5 Å². The molecule has 2 N–H and O–H groups in total. The van der Waals surface area contributed by atoms with Crippen LogP contribution in [0.1, 0.15) is 13.8 Å². The minimum absolute atomic E-state index is 0.195. The molecular formula is C34H38Cl2N6O5. The highest BCUT2D eigenvalue weighted by Gasteiger charge is 2.24. The minimum atomic E-state index is -0.367. The van der Waals surface area contributed by atoms with Gasteiger partial charge in [-0.15, -0.1) is 0 Å². The predicted octanol–water partition coefficient (Wildman–Crippen LogP) is 6.43. The van der Waals surface area contributed by atoms with Crippen molar-refractivity contribution in [2.24, 2.45) is 0 Å². The second kappa shape index (κ2) is 14.5. The quantitative estimate of drug-likeness (QED) is 0.173. The average molecular weight is 682 g/mol. The number of amides is 1. The van der Waals surface area contributed by atoms with Crippen LogP contribution in [-0.2, 0) is 11.3 Å². The van der Waals surface area contributed by atoms with Gasteiger partial charge in [-0.05, 0) is 31.7 Å². The van der Waals surface area contributed by atoms with Crippen LogP contribution in [0.5, 0.6) is 17.2 Å². The van der Waals surface area contributed by atoms with Crippen LogP contribution in [0.3, 0.4) is 0 Å². The van der Waals surface area contributed by atoms with Gasteiger partial charge in [-0.2, -0.15) is 0 Å². The molecule has 47 heavy (non-hydrogen) atoms. The fourth-order valence-corrected chi connectivity index (χ4v) is 6.47. The van der Waals surface area contributed by atoms with E-state index in [-0.39, 0.29) is 27.1 Å². The zero-order valence-electron chi connectivity index (χ0n) is 27.1. The standard InChI is InChI=1S/C34H38Cl2N6O5/c1-7-29(43)38-23-15-21(41-12-10-40(8-2)11-13-41)16-27(47-6)33(23)39-28-17-24-20(19-37-28)14-22(34(44)42(24)9-3)30-31(35)25(45-4)18-26(46-5)32(30)36/h7,14-19H,1,8-13H2,2-6H3,(H,37,39)(H,38,43). The SMILES string of the molecule is C=CC(=O)Nc1cc(N2CCN(CC)CC2)cc(OC)c1Nc1cc2c(cn1)cc(-c1c(Cl)c(OC)cc(OC)c1Cl)c(=O)n2CC. The van der Waals surface area contributed by atoms with E-state index in [2.05, 4.69) is 38.9 Å². The van der Waals surface area contributed by atoms with Crippen LogP contribution in [0.15, 0.2) is 54.0 Å². The van der Waals surface area contributed by atoms with E-state index in [0.29, 0.717) is 57.5 Å². The van der Waals surface area contributed by atoms with Crippen LogP contribution in [0, 0.1) is 0 Å². The van der Waals surface area contributed by atoms with Crippen LogP contribution >= 0.6 is 23.2 Å². The molecule has 11 nitrogen and oxygen atoms in total. The molecule has 1 aliphatic heterocycles. The van der Waals surface area contributed by atoms with Crippen LogP contribution in [-0.4, -0.2) is 74.4 Å². The number of benzene rings is 2. The smallest absolute Gasteiger partial charge is 0.259 e. The Labute approximate surface area is 283 Å². The molecule has 0 saturated carbocycles. The zero-order chi connectivity index (χ0) is 33.8. The number of hydrogen-bond acceptors (Lipinski definition) is 9. The second-order valence-corrected chi connectivity index (χ2v) is 11.6. The summed E-state index contributed by atoms with van der Waals surface area (Å²) < 4.78 is 18.3. The Morgan fingerprint density at radius 1 is 0.936 bits per heavy atom. The molecule has 0 bridgehead atoms. The number of methoxy groups -OCH3 is 3. The lowest BCUT2D eigenvalue weighted by Crippen LogP contribution is -2.46. The third kappa shape index (κ3) is 6.69. The van der Waals surface area contributed by atoms with Crippen LogP contribution < -0.4 is 35.3 Å². The molecule has 3 heterocycles. The number of pyridine rings is 2. The molecule has 1 fully saturated rings. The maximum atomic E-state index is 14.0. The number of ether oxygens (including phenoxy) is 3. The van der Waals surface area contributed by atoms with E-state index < -0.39 is 0 Å². The lowest BCUT2D eigenvalue weighted by molar-refractivity contribution is -0.111. The monoisotopic (exact) mass is 680 g/mol. The summed E-state index contributed by atoms with van der Waals surface area (Å²) >= 11 is 13.4. The van der Waals surface area contributed by atoms with Gasteiger partial charge < -0.3 is 39.2 Å². The molecule has 0 aliphatic carbocycles. The number of fused-ring (bicyclic) bond motifs is 1. The Bertz CT molecular complexity index is 1860. The Morgan fingerprint density at radius 2 is 1.60 bits per heavy atom. The summed E-state index contributed by atoms with van der Waals surface area (Å²) in [6.45, 7) is 12.6. The van der Waals surface area contributed by atoms with Crippen LogP contribution in [0.25, 0.3) is 22.0 Å². The molecule has 0 unspecified atom stereocenters. The second-order valence-electron chi connectivity index (χ2n) is 10.8. The Balaban J connectivity index is 1.60. The summed E-state index contributed by atoms with van der Waals surface area (Å²) in [5, 5.41) is 7.30. The molecule has 1 aliphatic rings. The van der Waals surface area contributed by atoms with Gasteiger partial charge in [0.2, 0.25) is 5.91 Å². The number of aromatic nitrogens is 2. The number of nitrogens with one attached hydrogen (secondary N) is 2. The Hall–Kier alpha value is -4.45. The molecule has 4 aromatic rings. The summed E-state index contributed by atoms with van der Waals surface area (Å²) in [6.07, 6.45) is 2.87. The first kappa shape index (κ1) is 33.9. The molecule has 5 rings (SSSR count). The van der Waals surface area contributed by atoms with Gasteiger partial charge in [0.25, 0.3) is 5.56 Å². The third-order valence-corrected chi connectivity index (χ3v) is 9.08. The number of nitrogens with zero attached hydrogens (tertiary/aromatic N) is 4. The molecular weight excluding hydrogens is 643 g/mol. The van der Waals surface area contributed by atoms with E-state index in [0.717, 1.165) is 38.4 Å². The summed E-state index contributed by atoms with van der Waals surface area (Å²) in [6, 6.07) is 8.91. The van der Waals surface area contributed by atoms with Gasteiger partial charge in [0.15, 0.2) is 0 Å². The van der Waals surface area contributed by atoms with Crippen LogP contribution in [0.4, 0.5) is 22.9 Å². The fraction of sp³-hybridized carbons (Fsp3) is 0.324. The van der Waals surface area contributed by atoms with E-state index in [1.165, 1.54) is 20.3 Å². The van der Waals surface area contributed by atoms with Crippen LogP contribution in [0.2, 0.25) is 10.0 Å². The summed E-state index contributed by atoms with van der Waals surface area (Å²) in [5.74, 6) is 1.23. The van der Waals surface area contributed by atoms with Crippen molar-refractivity contribution in [3.63, 3.8) is 0 Å². The van der Waals surface area contributed by atoms with Crippen molar-refractivity contribution >= 4 is 62.9 Å². The Morgan fingerprint density at radius 3 is 2.17 bits per heavy atom.